The summed E-state index contributed by atoms with van der Waals surface area (Å²) in [5.41, 5.74) is 6.20. The molecule has 9 heteroatoms. The molecule has 2 aromatic carbocycles. The molecule has 0 fully saturated rings. The largest absolute Gasteiger partial charge is 0.493 e. The minimum atomic E-state index is -0.712. The number of rotatable bonds is 6. The summed E-state index contributed by atoms with van der Waals surface area (Å²) in [5.74, 6) is -1.91. The first-order valence-electron chi connectivity index (χ1n) is 9.02. The smallest absolute Gasteiger partial charge is 0.342 e. The van der Waals surface area contributed by atoms with Crippen LogP contribution in [0.4, 0.5) is 10.1 Å². The van der Waals surface area contributed by atoms with E-state index in [1.807, 2.05) is 0 Å². The van der Waals surface area contributed by atoms with Gasteiger partial charge < -0.3 is 9.84 Å². The highest BCUT2D eigenvalue weighted by Crippen LogP contribution is 2.42. The number of nitrogens with one attached hydrogen (secondary N) is 2. The predicted molar refractivity (Wildman–Crippen MR) is 114 cm³/mol. The van der Waals surface area contributed by atoms with Crippen molar-refractivity contribution in [3.8, 4) is 22.8 Å². The lowest BCUT2D eigenvalue weighted by Gasteiger charge is -2.12. The summed E-state index contributed by atoms with van der Waals surface area (Å²) in [7, 11) is 0. The molecule has 3 rings (SSSR count). The maximum atomic E-state index is 13.5. The Hall–Kier alpha value is -3.33. The number of hydrogen-bond donors (Lipinski definition) is 3. The first-order valence-corrected chi connectivity index (χ1v) is 9.82. The molecule has 0 atom stereocenters. The molecule has 0 aliphatic carbocycles. The van der Waals surface area contributed by atoms with Crippen LogP contribution < -0.4 is 10.9 Å². The van der Waals surface area contributed by atoms with Gasteiger partial charge in [-0.3, -0.25) is 20.2 Å². The van der Waals surface area contributed by atoms with Crippen molar-refractivity contribution in [3.63, 3.8) is 0 Å². The summed E-state index contributed by atoms with van der Waals surface area (Å²) in [6.07, 6.45) is 0. The Morgan fingerprint density at radius 3 is 2.33 bits per heavy atom. The van der Waals surface area contributed by atoms with E-state index in [9.17, 15) is 19.1 Å². The molecule has 0 saturated carbocycles. The molecule has 156 valence electrons. The Balaban J connectivity index is 2.34. The van der Waals surface area contributed by atoms with Crippen molar-refractivity contribution in [3.05, 3.63) is 64.4 Å². The Morgan fingerprint density at radius 1 is 1.13 bits per heavy atom. The van der Waals surface area contributed by atoms with Crippen LogP contribution in [-0.4, -0.2) is 28.2 Å². The number of carbonyl (C=O) groups excluding carboxylic acids is 2. The lowest BCUT2D eigenvalue weighted by molar-refractivity contribution is -0.118. The van der Waals surface area contributed by atoms with E-state index < -0.39 is 17.7 Å². The number of aromatic hydroxyl groups is 1. The molecule has 0 spiro atoms. The van der Waals surface area contributed by atoms with Crippen LogP contribution in [0.3, 0.4) is 0 Å². The second-order valence-corrected chi connectivity index (χ2v) is 7.18. The van der Waals surface area contributed by atoms with Crippen LogP contribution in [0.5, 0.6) is 5.88 Å². The van der Waals surface area contributed by atoms with Crippen LogP contribution >= 0.6 is 15.9 Å². The quantitative estimate of drug-likeness (QED) is 0.363. The van der Waals surface area contributed by atoms with Gasteiger partial charge in [0, 0.05) is 17.1 Å². The van der Waals surface area contributed by atoms with Gasteiger partial charge >= 0.3 is 5.97 Å². The fourth-order valence-electron chi connectivity index (χ4n) is 2.95. The number of carbonyl (C=O) groups is 2. The third kappa shape index (κ3) is 4.30. The van der Waals surface area contributed by atoms with Gasteiger partial charge in [-0.1, -0.05) is 15.9 Å². The lowest BCUT2D eigenvalue weighted by atomic mass is 10.1. The summed E-state index contributed by atoms with van der Waals surface area (Å²) in [5, 5.41) is 11.0. The van der Waals surface area contributed by atoms with Crippen LogP contribution in [-0.2, 0) is 9.53 Å². The van der Waals surface area contributed by atoms with E-state index >= 15 is 0 Å². The molecular formula is C21H19BrFN3O4. The van der Waals surface area contributed by atoms with E-state index in [1.54, 1.807) is 31.2 Å². The van der Waals surface area contributed by atoms with Crippen LogP contribution in [0.2, 0.25) is 0 Å². The number of benzene rings is 2. The van der Waals surface area contributed by atoms with E-state index in [4.69, 9.17) is 4.74 Å². The van der Waals surface area contributed by atoms with Crippen LogP contribution in [0, 0.1) is 5.82 Å². The number of amides is 1. The lowest BCUT2D eigenvalue weighted by Crippen LogP contribution is -2.27. The highest BCUT2D eigenvalue weighted by molar-refractivity contribution is 9.10. The monoisotopic (exact) mass is 475 g/mol. The zero-order chi connectivity index (χ0) is 21.8. The Morgan fingerprint density at radius 2 is 1.77 bits per heavy atom. The molecule has 1 amide bonds. The van der Waals surface area contributed by atoms with Crippen LogP contribution in [0.15, 0.2) is 53.0 Å². The number of aromatic nitrogens is 1. The topological polar surface area (TPSA) is 92.6 Å². The first kappa shape index (κ1) is 21.4. The van der Waals surface area contributed by atoms with Crippen molar-refractivity contribution in [2.45, 2.75) is 13.8 Å². The van der Waals surface area contributed by atoms with E-state index in [1.165, 1.54) is 35.8 Å². The van der Waals surface area contributed by atoms with Crippen LogP contribution in [0.1, 0.15) is 24.2 Å². The number of halogens is 2. The van der Waals surface area contributed by atoms with Crippen molar-refractivity contribution >= 4 is 33.5 Å². The second kappa shape index (κ2) is 9.00. The average molecular weight is 476 g/mol. The number of ether oxygens (including phenoxy) is 1. The van der Waals surface area contributed by atoms with Gasteiger partial charge in [0.2, 0.25) is 11.8 Å². The summed E-state index contributed by atoms with van der Waals surface area (Å²) >= 11 is 3.36. The Bertz CT molecular complexity index is 1080. The Kier molecular flexibility index (Phi) is 6.41. The van der Waals surface area contributed by atoms with E-state index in [-0.39, 0.29) is 29.4 Å². The fraction of sp³-hybridized carbons (Fsp3) is 0.143. The van der Waals surface area contributed by atoms with Gasteiger partial charge in [-0.05, 0) is 61.0 Å². The molecule has 1 heterocycles. The molecule has 0 aliphatic rings. The predicted octanol–water partition coefficient (Wildman–Crippen LogP) is 4.39. The van der Waals surface area contributed by atoms with Crippen LogP contribution in [0.25, 0.3) is 16.9 Å². The summed E-state index contributed by atoms with van der Waals surface area (Å²) in [6.45, 7) is 3.04. The molecule has 0 saturated heterocycles. The zero-order valence-electron chi connectivity index (χ0n) is 16.2. The third-order valence-electron chi connectivity index (χ3n) is 4.19. The first-order chi connectivity index (χ1) is 14.3. The van der Waals surface area contributed by atoms with Gasteiger partial charge in [-0.2, -0.15) is 0 Å². The number of hydrazine groups is 1. The second-order valence-electron chi connectivity index (χ2n) is 6.27. The highest BCUT2D eigenvalue weighted by atomic mass is 79.9. The van der Waals surface area contributed by atoms with Crippen molar-refractivity contribution in [2.24, 2.45) is 0 Å². The number of anilines is 1. The standard InChI is InChI=1S/C21H19BrFN3O4/c1-3-30-21(29)17-18(25-24-12(2)27)20(28)26(16-10-6-14(22)7-11-16)19(17)13-4-8-15(23)9-5-13/h4-11,25,28H,3H2,1-2H3,(H,24,27). The molecule has 7 nitrogen and oxygen atoms in total. The molecule has 0 unspecified atom stereocenters. The van der Waals surface area contributed by atoms with Crippen molar-refractivity contribution in [1.82, 2.24) is 9.99 Å². The fourth-order valence-corrected chi connectivity index (χ4v) is 3.22. The molecule has 1 aromatic heterocycles. The molecule has 3 N–H and O–H groups in total. The molecule has 0 radical (unpaired) electrons. The highest BCUT2D eigenvalue weighted by Gasteiger charge is 2.30. The normalized spacial score (nSPS) is 10.5. The van der Waals surface area contributed by atoms with Gasteiger partial charge in [0.15, 0.2) is 0 Å². The molecule has 0 bridgehead atoms. The van der Waals surface area contributed by atoms with Gasteiger partial charge in [0.05, 0.1) is 12.3 Å². The minimum absolute atomic E-state index is 0.00220. The SMILES string of the molecule is CCOC(=O)c1c(NNC(C)=O)c(O)n(-c2ccc(Br)cc2)c1-c1ccc(F)cc1. The van der Waals surface area contributed by atoms with Crippen molar-refractivity contribution in [1.29, 1.82) is 0 Å². The molecular weight excluding hydrogens is 457 g/mol. The summed E-state index contributed by atoms with van der Waals surface area (Å²) in [6, 6.07) is 12.5. The Labute approximate surface area is 180 Å². The van der Waals surface area contributed by atoms with Gasteiger partial charge in [0.1, 0.15) is 17.1 Å². The number of hydrogen-bond acceptors (Lipinski definition) is 5. The van der Waals surface area contributed by atoms with Crippen molar-refractivity contribution < 1.29 is 23.8 Å². The van der Waals surface area contributed by atoms with Gasteiger partial charge in [0.25, 0.3) is 0 Å². The van der Waals surface area contributed by atoms with E-state index in [0.717, 1.165) is 4.47 Å². The van der Waals surface area contributed by atoms with E-state index in [2.05, 4.69) is 26.8 Å². The summed E-state index contributed by atoms with van der Waals surface area (Å²) < 4.78 is 21.0. The summed E-state index contributed by atoms with van der Waals surface area (Å²) in [4.78, 5) is 24.3. The zero-order valence-corrected chi connectivity index (χ0v) is 17.8. The van der Waals surface area contributed by atoms with E-state index in [0.29, 0.717) is 11.3 Å². The van der Waals surface area contributed by atoms with Gasteiger partial charge in [-0.15, -0.1) is 0 Å². The maximum Gasteiger partial charge on any atom is 0.342 e. The average Bonchev–Trinajstić information content (AvgIpc) is 3.00. The molecule has 30 heavy (non-hydrogen) atoms. The number of esters is 1. The molecule has 0 aliphatic heterocycles. The molecule has 3 aromatic rings. The maximum absolute atomic E-state index is 13.5. The number of nitrogens with zero attached hydrogens (tertiary/aromatic N) is 1. The minimum Gasteiger partial charge on any atom is -0.493 e. The van der Waals surface area contributed by atoms with Crippen molar-refractivity contribution in [2.75, 3.05) is 12.0 Å². The van der Waals surface area contributed by atoms with Gasteiger partial charge in [-0.25, -0.2) is 9.18 Å². The third-order valence-corrected chi connectivity index (χ3v) is 4.72.